The van der Waals surface area contributed by atoms with Crippen LogP contribution >= 0.6 is 0 Å². The Labute approximate surface area is 160 Å². The van der Waals surface area contributed by atoms with Gasteiger partial charge in [0, 0.05) is 12.3 Å². The number of ketones is 1. The summed E-state index contributed by atoms with van der Waals surface area (Å²) in [6.07, 6.45) is 6.21. The highest BCUT2D eigenvalue weighted by Gasteiger charge is 2.61. The molecule has 1 N–H and O–H groups in total. The maximum atomic E-state index is 12.3. The van der Waals surface area contributed by atoms with E-state index in [4.69, 9.17) is 4.74 Å². The van der Waals surface area contributed by atoms with Gasteiger partial charge in [-0.15, -0.1) is 0 Å². The molecule has 7 atom stereocenters. The number of nitrogens with zero attached hydrogens (tertiary/aromatic N) is 1. The summed E-state index contributed by atoms with van der Waals surface area (Å²) in [7, 11) is 0. The molecule has 5 heteroatoms. The molecule has 5 nitrogen and oxygen atoms in total. The number of aliphatic hydroxyl groups excluding tert-OH is 1. The molecule has 0 bridgehead atoms. The van der Waals surface area contributed by atoms with Crippen molar-refractivity contribution in [2.24, 2.45) is 34.5 Å². The molecule has 0 spiro atoms. The third kappa shape index (κ3) is 2.48. The fourth-order valence-corrected chi connectivity index (χ4v) is 7.25. The normalized spacial score (nSPS) is 46.1. The van der Waals surface area contributed by atoms with Crippen LogP contribution in [0.25, 0.3) is 0 Å². The number of allylic oxidation sites excluding steroid dienone is 1. The quantitative estimate of drug-likeness (QED) is 0.702. The zero-order valence-electron chi connectivity index (χ0n) is 16.5. The van der Waals surface area contributed by atoms with Crippen LogP contribution in [-0.2, 0) is 14.3 Å². The van der Waals surface area contributed by atoms with Gasteiger partial charge in [0.15, 0.2) is 5.76 Å². The molecule has 3 unspecified atom stereocenters. The highest BCUT2D eigenvalue weighted by molar-refractivity contribution is 5.98. The summed E-state index contributed by atoms with van der Waals surface area (Å²) < 4.78 is 5.68. The first-order chi connectivity index (χ1) is 12.7. The molecule has 27 heavy (non-hydrogen) atoms. The van der Waals surface area contributed by atoms with Crippen LogP contribution in [0.15, 0.2) is 11.3 Å². The number of rotatable bonds is 1. The largest absolute Gasteiger partial charge is 0.504 e. The van der Waals surface area contributed by atoms with Gasteiger partial charge in [0.25, 0.3) is 0 Å². The monoisotopic (exact) mass is 371 g/mol. The number of aliphatic hydroxyl groups is 1. The Balaban J connectivity index is 1.67. The SMILES string of the molecule is CC(=O)O[C@H]1CCC2[C@@H]3CCC4=C(O)C(=O)C(C#N)C[C@]4(C)C3CC[C@@]21C. The number of hydrogen-bond donors (Lipinski definition) is 1. The Bertz CT molecular complexity index is 765. The summed E-state index contributed by atoms with van der Waals surface area (Å²) in [5.74, 6) is -0.0778. The van der Waals surface area contributed by atoms with Gasteiger partial charge in [-0.05, 0) is 73.7 Å². The molecule has 0 saturated heterocycles. The average Bonchev–Trinajstić information content (AvgIpc) is 2.94. The average molecular weight is 371 g/mol. The molecule has 0 aliphatic heterocycles. The van der Waals surface area contributed by atoms with E-state index in [0.29, 0.717) is 24.2 Å². The van der Waals surface area contributed by atoms with Crippen LogP contribution in [0.5, 0.6) is 0 Å². The van der Waals surface area contributed by atoms with Crippen molar-refractivity contribution < 1.29 is 19.4 Å². The number of fused-ring (bicyclic) bond motifs is 5. The lowest BCUT2D eigenvalue weighted by Gasteiger charge is -2.58. The molecule has 0 aromatic carbocycles. The minimum Gasteiger partial charge on any atom is -0.504 e. The number of nitriles is 1. The van der Waals surface area contributed by atoms with Crippen LogP contribution in [0.1, 0.15) is 65.7 Å². The van der Waals surface area contributed by atoms with E-state index >= 15 is 0 Å². The van der Waals surface area contributed by atoms with Gasteiger partial charge in [0.05, 0.1) is 6.07 Å². The number of ether oxygens (including phenoxy) is 1. The maximum absolute atomic E-state index is 12.3. The molecule has 4 aliphatic rings. The highest BCUT2D eigenvalue weighted by atomic mass is 16.5. The van der Waals surface area contributed by atoms with Crippen LogP contribution in [0, 0.1) is 45.8 Å². The second kappa shape index (κ2) is 6.09. The number of carbonyl (C=O) groups excluding carboxylic acids is 2. The molecule has 0 radical (unpaired) electrons. The second-order valence-electron chi connectivity index (χ2n) is 9.63. The zero-order chi connectivity index (χ0) is 19.6. The molecule has 0 aromatic heterocycles. The van der Waals surface area contributed by atoms with Gasteiger partial charge in [-0.3, -0.25) is 9.59 Å². The summed E-state index contributed by atoms with van der Waals surface area (Å²) in [6.45, 7) is 5.93. The maximum Gasteiger partial charge on any atom is 0.302 e. The van der Waals surface area contributed by atoms with Crippen LogP contribution in [0.3, 0.4) is 0 Å². The Morgan fingerprint density at radius 2 is 1.96 bits per heavy atom. The zero-order valence-corrected chi connectivity index (χ0v) is 16.5. The standard InChI is InChI=1S/C22H29NO4/c1-12(24)27-18-7-6-15-14-4-5-17-20(26)19(25)13(11-23)10-22(17,3)16(14)8-9-21(15,18)2/h13-16,18,26H,4-10H2,1-3H3/t13?,14-,15?,16?,18-,21-,22+/m0/s1. The van der Waals surface area contributed by atoms with E-state index in [1.54, 1.807) is 0 Å². The number of hydrogen-bond acceptors (Lipinski definition) is 5. The molecule has 0 aromatic rings. The summed E-state index contributed by atoms with van der Waals surface area (Å²) >= 11 is 0. The van der Waals surface area contributed by atoms with Crippen LogP contribution in [-0.4, -0.2) is 23.0 Å². The van der Waals surface area contributed by atoms with Gasteiger partial charge in [-0.1, -0.05) is 13.8 Å². The molecular formula is C22H29NO4. The number of carbonyl (C=O) groups is 2. The highest BCUT2D eigenvalue weighted by Crippen LogP contribution is 2.66. The Morgan fingerprint density at radius 3 is 2.63 bits per heavy atom. The molecule has 3 saturated carbocycles. The second-order valence-corrected chi connectivity index (χ2v) is 9.63. The van der Waals surface area contributed by atoms with Gasteiger partial charge >= 0.3 is 5.97 Å². The van der Waals surface area contributed by atoms with E-state index in [2.05, 4.69) is 19.9 Å². The van der Waals surface area contributed by atoms with E-state index in [0.717, 1.165) is 44.1 Å². The van der Waals surface area contributed by atoms with Crippen molar-refractivity contribution in [2.75, 3.05) is 0 Å². The number of esters is 1. The lowest BCUT2D eigenvalue weighted by Crippen LogP contribution is -2.53. The van der Waals surface area contributed by atoms with Crippen molar-refractivity contribution in [1.29, 1.82) is 5.26 Å². The Kier molecular flexibility index (Phi) is 4.18. The van der Waals surface area contributed by atoms with E-state index in [1.807, 2.05) is 0 Å². The Hall–Kier alpha value is -1.83. The van der Waals surface area contributed by atoms with Crippen LogP contribution in [0.2, 0.25) is 0 Å². The molecule has 146 valence electrons. The minimum atomic E-state index is -0.733. The predicted octanol–water partition coefficient (Wildman–Crippen LogP) is 4.09. The Morgan fingerprint density at radius 1 is 1.22 bits per heavy atom. The van der Waals surface area contributed by atoms with E-state index in [-0.39, 0.29) is 34.4 Å². The van der Waals surface area contributed by atoms with Crippen molar-refractivity contribution in [3.8, 4) is 6.07 Å². The lowest BCUT2D eigenvalue weighted by molar-refractivity contribution is -0.157. The first kappa shape index (κ1) is 18.5. The molecule has 3 fully saturated rings. The number of Topliss-reactive ketones (excluding diaryl/α,β-unsaturated/α-hetero) is 1. The van der Waals surface area contributed by atoms with E-state index < -0.39 is 5.92 Å². The van der Waals surface area contributed by atoms with E-state index in [9.17, 15) is 20.0 Å². The van der Waals surface area contributed by atoms with E-state index in [1.165, 1.54) is 6.92 Å². The summed E-state index contributed by atoms with van der Waals surface area (Å²) in [4.78, 5) is 23.9. The van der Waals surface area contributed by atoms with Crippen molar-refractivity contribution in [1.82, 2.24) is 0 Å². The van der Waals surface area contributed by atoms with Crippen LogP contribution < -0.4 is 0 Å². The molecule has 0 heterocycles. The smallest absolute Gasteiger partial charge is 0.302 e. The predicted molar refractivity (Wildman–Crippen MR) is 98.3 cm³/mol. The summed E-state index contributed by atoms with van der Waals surface area (Å²) in [6, 6.07) is 2.12. The molecule has 4 rings (SSSR count). The molecule has 4 aliphatic carbocycles. The molecule has 0 amide bonds. The van der Waals surface area contributed by atoms with Gasteiger partial charge in [-0.2, -0.15) is 5.26 Å². The first-order valence-corrected chi connectivity index (χ1v) is 10.3. The third-order valence-corrected chi connectivity index (χ3v) is 8.51. The van der Waals surface area contributed by atoms with Crippen molar-refractivity contribution in [2.45, 2.75) is 71.8 Å². The minimum absolute atomic E-state index is 0.00103. The topological polar surface area (TPSA) is 87.4 Å². The first-order valence-electron chi connectivity index (χ1n) is 10.3. The lowest BCUT2D eigenvalue weighted by atomic mass is 9.46. The summed E-state index contributed by atoms with van der Waals surface area (Å²) in [5, 5.41) is 20.0. The van der Waals surface area contributed by atoms with Gasteiger partial charge < -0.3 is 9.84 Å². The van der Waals surface area contributed by atoms with Crippen molar-refractivity contribution in [3.05, 3.63) is 11.3 Å². The fraction of sp³-hybridized carbons (Fsp3) is 0.773. The van der Waals surface area contributed by atoms with Crippen LogP contribution in [0.4, 0.5) is 0 Å². The van der Waals surface area contributed by atoms with Gasteiger partial charge in [-0.25, -0.2) is 0 Å². The molecular weight excluding hydrogens is 342 g/mol. The van der Waals surface area contributed by atoms with Gasteiger partial charge in [0.1, 0.15) is 12.0 Å². The fourth-order valence-electron chi connectivity index (χ4n) is 7.25. The summed E-state index contributed by atoms with van der Waals surface area (Å²) in [5.41, 5.74) is 0.631. The van der Waals surface area contributed by atoms with Crippen molar-refractivity contribution >= 4 is 11.8 Å². The van der Waals surface area contributed by atoms with Gasteiger partial charge in [0.2, 0.25) is 5.78 Å². The third-order valence-electron chi connectivity index (χ3n) is 8.51. The van der Waals surface area contributed by atoms with Crippen molar-refractivity contribution in [3.63, 3.8) is 0 Å².